The summed E-state index contributed by atoms with van der Waals surface area (Å²) in [6.07, 6.45) is 9.75. The Kier molecular flexibility index (Phi) is 18.8. The standard InChI is InChI=1S/C18H36O5/c1-3-4-5-6-7-8-9-13-23-18(19)11-10-12-21-16-17-22-15-14-20-2/h3-17H2,1-2H3. The van der Waals surface area contributed by atoms with Crippen molar-refractivity contribution in [3.8, 4) is 0 Å². The number of carbonyl (C=O) groups excluding carboxylic acids is 1. The Balaban J connectivity index is 3.13. The molecule has 0 radical (unpaired) electrons. The number of esters is 1. The molecule has 0 unspecified atom stereocenters. The van der Waals surface area contributed by atoms with E-state index in [0.29, 0.717) is 52.5 Å². The van der Waals surface area contributed by atoms with Crippen LogP contribution in [0, 0.1) is 0 Å². The van der Waals surface area contributed by atoms with Crippen molar-refractivity contribution < 1.29 is 23.7 Å². The van der Waals surface area contributed by atoms with Crippen molar-refractivity contribution in [2.24, 2.45) is 0 Å². The molecule has 0 heterocycles. The maximum atomic E-state index is 11.5. The van der Waals surface area contributed by atoms with Gasteiger partial charge in [-0.1, -0.05) is 45.4 Å². The Morgan fingerprint density at radius 1 is 0.696 bits per heavy atom. The molecule has 0 saturated heterocycles. The molecule has 0 N–H and O–H groups in total. The van der Waals surface area contributed by atoms with Crippen LogP contribution in [-0.4, -0.2) is 52.7 Å². The molecule has 0 bridgehead atoms. The summed E-state index contributed by atoms with van der Waals surface area (Å²) in [4.78, 5) is 11.5. The summed E-state index contributed by atoms with van der Waals surface area (Å²) in [5.41, 5.74) is 0. The highest BCUT2D eigenvalue weighted by Crippen LogP contribution is 2.07. The summed E-state index contributed by atoms with van der Waals surface area (Å²) in [5, 5.41) is 0. The molecule has 0 spiro atoms. The van der Waals surface area contributed by atoms with Gasteiger partial charge < -0.3 is 18.9 Å². The maximum absolute atomic E-state index is 11.5. The molecule has 0 fully saturated rings. The lowest BCUT2D eigenvalue weighted by atomic mass is 10.1. The quantitative estimate of drug-likeness (QED) is 0.283. The number of methoxy groups -OCH3 is 1. The number of unbranched alkanes of at least 4 members (excludes halogenated alkanes) is 6. The van der Waals surface area contributed by atoms with Crippen LogP contribution in [-0.2, 0) is 23.7 Å². The molecule has 23 heavy (non-hydrogen) atoms. The molecule has 0 aliphatic carbocycles. The van der Waals surface area contributed by atoms with Crippen LogP contribution in [0.25, 0.3) is 0 Å². The molecular weight excluding hydrogens is 296 g/mol. The Morgan fingerprint density at radius 2 is 1.30 bits per heavy atom. The lowest BCUT2D eigenvalue weighted by molar-refractivity contribution is -0.144. The van der Waals surface area contributed by atoms with Crippen LogP contribution in [0.3, 0.4) is 0 Å². The zero-order valence-electron chi connectivity index (χ0n) is 15.1. The van der Waals surface area contributed by atoms with E-state index in [0.717, 1.165) is 12.8 Å². The van der Waals surface area contributed by atoms with Gasteiger partial charge in [0, 0.05) is 20.1 Å². The summed E-state index contributed by atoms with van der Waals surface area (Å²) in [5.74, 6) is -0.115. The van der Waals surface area contributed by atoms with E-state index < -0.39 is 0 Å². The second-order valence-corrected chi connectivity index (χ2v) is 5.66. The van der Waals surface area contributed by atoms with Crippen LogP contribution in [0.5, 0.6) is 0 Å². The van der Waals surface area contributed by atoms with Crippen LogP contribution in [0.2, 0.25) is 0 Å². The van der Waals surface area contributed by atoms with E-state index in [1.807, 2.05) is 0 Å². The Morgan fingerprint density at radius 3 is 2.00 bits per heavy atom. The Labute approximate surface area is 142 Å². The first-order valence-electron chi connectivity index (χ1n) is 9.11. The summed E-state index contributed by atoms with van der Waals surface area (Å²) < 4.78 is 20.7. The predicted molar refractivity (Wildman–Crippen MR) is 91.7 cm³/mol. The van der Waals surface area contributed by atoms with Crippen molar-refractivity contribution in [2.45, 2.75) is 64.7 Å². The van der Waals surface area contributed by atoms with Gasteiger partial charge >= 0.3 is 5.97 Å². The molecule has 0 saturated carbocycles. The van der Waals surface area contributed by atoms with E-state index in [-0.39, 0.29) is 5.97 Å². The van der Waals surface area contributed by atoms with Crippen LogP contribution in [0.4, 0.5) is 0 Å². The minimum Gasteiger partial charge on any atom is -0.466 e. The topological polar surface area (TPSA) is 54.0 Å². The van der Waals surface area contributed by atoms with Crippen molar-refractivity contribution in [1.29, 1.82) is 0 Å². The van der Waals surface area contributed by atoms with Crippen molar-refractivity contribution >= 4 is 5.97 Å². The first kappa shape index (κ1) is 22.4. The van der Waals surface area contributed by atoms with Gasteiger partial charge in [0.1, 0.15) is 0 Å². The third kappa shape index (κ3) is 19.3. The van der Waals surface area contributed by atoms with E-state index in [9.17, 15) is 4.79 Å². The van der Waals surface area contributed by atoms with Crippen molar-refractivity contribution in [3.05, 3.63) is 0 Å². The van der Waals surface area contributed by atoms with E-state index >= 15 is 0 Å². The lowest BCUT2D eigenvalue weighted by Crippen LogP contribution is -2.10. The average Bonchev–Trinajstić information content (AvgIpc) is 2.56. The number of hydrogen-bond donors (Lipinski definition) is 0. The van der Waals surface area contributed by atoms with Crippen LogP contribution in [0.1, 0.15) is 64.7 Å². The molecular formula is C18H36O5. The third-order valence-corrected chi connectivity index (χ3v) is 3.48. The summed E-state index contributed by atoms with van der Waals surface area (Å²) in [6.45, 7) is 5.65. The van der Waals surface area contributed by atoms with Gasteiger partial charge in [-0.15, -0.1) is 0 Å². The monoisotopic (exact) mass is 332 g/mol. The highest BCUT2D eigenvalue weighted by molar-refractivity contribution is 5.69. The first-order chi connectivity index (χ1) is 11.3. The van der Waals surface area contributed by atoms with Gasteiger partial charge in [-0.3, -0.25) is 4.79 Å². The van der Waals surface area contributed by atoms with Gasteiger partial charge in [-0.2, -0.15) is 0 Å². The fourth-order valence-corrected chi connectivity index (χ4v) is 2.10. The molecule has 0 aliphatic heterocycles. The van der Waals surface area contributed by atoms with E-state index in [1.54, 1.807) is 7.11 Å². The summed E-state index contributed by atoms with van der Waals surface area (Å²) in [7, 11) is 1.65. The van der Waals surface area contributed by atoms with Crippen LogP contribution >= 0.6 is 0 Å². The first-order valence-corrected chi connectivity index (χ1v) is 9.11. The molecule has 0 aromatic carbocycles. The van der Waals surface area contributed by atoms with Gasteiger partial charge in [0.15, 0.2) is 0 Å². The number of ether oxygens (including phenoxy) is 4. The van der Waals surface area contributed by atoms with Gasteiger partial charge in [-0.05, 0) is 12.8 Å². The van der Waals surface area contributed by atoms with Gasteiger partial charge in [0.25, 0.3) is 0 Å². The van der Waals surface area contributed by atoms with Crippen LogP contribution in [0.15, 0.2) is 0 Å². The molecule has 5 heteroatoms. The molecule has 0 aromatic rings. The molecule has 0 aromatic heterocycles. The number of hydrogen-bond acceptors (Lipinski definition) is 5. The smallest absolute Gasteiger partial charge is 0.305 e. The second kappa shape index (κ2) is 19.4. The zero-order valence-corrected chi connectivity index (χ0v) is 15.1. The fourth-order valence-electron chi connectivity index (χ4n) is 2.10. The maximum Gasteiger partial charge on any atom is 0.305 e. The second-order valence-electron chi connectivity index (χ2n) is 5.66. The molecule has 138 valence electrons. The van der Waals surface area contributed by atoms with Crippen molar-refractivity contribution in [3.63, 3.8) is 0 Å². The van der Waals surface area contributed by atoms with Gasteiger partial charge in [-0.25, -0.2) is 0 Å². The lowest BCUT2D eigenvalue weighted by Gasteiger charge is -2.06. The van der Waals surface area contributed by atoms with E-state index in [2.05, 4.69) is 6.92 Å². The molecule has 5 nitrogen and oxygen atoms in total. The van der Waals surface area contributed by atoms with Gasteiger partial charge in [0.2, 0.25) is 0 Å². The molecule has 0 rings (SSSR count). The highest BCUT2D eigenvalue weighted by Gasteiger charge is 2.02. The number of carbonyl (C=O) groups is 1. The zero-order chi connectivity index (χ0) is 17.0. The Bertz CT molecular complexity index is 246. The fraction of sp³-hybridized carbons (Fsp3) is 0.944. The minimum absolute atomic E-state index is 0.115. The number of rotatable bonds is 18. The molecule has 0 amide bonds. The van der Waals surface area contributed by atoms with Gasteiger partial charge in [0.05, 0.1) is 33.0 Å². The molecule has 0 aliphatic rings. The largest absolute Gasteiger partial charge is 0.466 e. The third-order valence-electron chi connectivity index (χ3n) is 3.48. The predicted octanol–water partition coefficient (Wildman–Crippen LogP) is 3.74. The van der Waals surface area contributed by atoms with Crippen molar-refractivity contribution in [1.82, 2.24) is 0 Å². The van der Waals surface area contributed by atoms with E-state index in [1.165, 1.54) is 32.1 Å². The van der Waals surface area contributed by atoms with Crippen LogP contribution < -0.4 is 0 Å². The Hall–Kier alpha value is -0.650. The highest BCUT2D eigenvalue weighted by atomic mass is 16.5. The average molecular weight is 332 g/mol. The normalized spacial score (nSPS) is 10.9. The van der Waals surface area contributed by atoms with E-state index in [4.69, 9.17) is 18.9 Å². The van der Waals surface area contributed by atoms with Crippen molar-refractivity contribution in [2.75, 3.05) is 46.8 Å². The molecule has 0 atom stereocenters. The summed E-state index contributed by atoms with van der Waals surface area (Å²) in [6, 6.07) is 0. The SMILES string of the molecule is CCCCCCCCCOC(=O)CCCOCCOCCOC. The summed E-state index contributed by atoms with van der Waals surface area (Å²) >= 11 is 0. The minimum atomic E-state index is -0.115.